The maximum Gasteiger partial charge on any atom is 0.265 e. The summed E-state index contributed by atoms with van der Waals surface area (Å²) in [5.41, 5.74) is 0.811. The molecule has 27 heavy (non-hydrogen) atoms. The number of hydrogen-bond acceptors (Lipinski definition) is 7. The van der Waals surface area contributed by atoms with E-state index in [2.05, 4.69) is 15.3 Å². The van der Waals surface area contributed by atoms with E-state index in [9.17, 15) is 9.59 Å². The molecule has 3 aromatic heterocycles. The van der Waals surface area contributed by atoms with Crippen LogP contribution in [-0.2, 0) is 18.3 Å². The van der Waals surface area contributed by atoms with Crippen molar-refractivity contribution in [2.24, 2.45) is 7.05 Å². The van der Waals surface area contributed by atoms with Crippen LogP contribution in [0.2, 0.25) is 0 Å². The SMILES string of the molecule is COCCOc1ccc(CNC(=O)c2c(C)oc3ncn(C)c(=O)c23)cn1. The number of nitrogens with one attached hydrogen (secondary N) is 1. The van der Waals surface area contributed by atoms with E-state index < -0.39 is 5.91 Å². The average molecular weight is 372 g/mol. The van der Waals surface area contributed by atoms with Gasteiger partial charge in [-0.3, -0.25) is 9.59 Å². The fourth-order valence-electron chi connectivity index (χ4n) is 2.56. The largest absolute Gasteiger partial charge is 0.475 e. The molecule has 0 aliphatic rings. The molecule has 3 aromatic rings. The van der Waals surface area contributed by atoms with Crippen LogP contribution in [0.5, 0.6) is 5.88 Å². The summed E-state index contributed by atoms with van der Waals surface area (Å²) in [5.74, 6) is 0.420. The van der Waals surface area contributed by atoms with Gasteiger partial charge in [-0.1, -0.05) is 6.07 Å². The van der Waals surface area contributed by atoms with Gasteiger partial charge in [0.2, 0.25) is 11.6 Å². The number of aromatic nitrogens is 3. The highest BCUT2D eigenvalue weighted by Gasteiger charge is 2.22. The lowest BCUT2D eigenvalue weighted by Crippen LogP contribution is -2.26. The molecule has 0 aliphatic carbocycles. The van der Waals surface area contributed by atoms with Crippen molar-refractivity contribution in [1.29, 1.82) is 0 Å². The van der Waals surface area contributed by atoms with Gasteiger partial charge in [0.05, 0.1) is 12.2 Å². The quantitative estimate of drug-likeness (QED) is 0.621. The number of furan rings is 1. The van der Waals surface area contributed by atoms with E-state index in [1.165, 1.54) is 10.9 Å². The Kier molecular flexibility index (Phi) is 5.51. The Morgan fingerprint density at radius 3 is 2.81 bits per heavy atom. The van der Waals surface area contributed by atoms with E-state index in [1.54, 1.807) is 39.4 Å². The molecule has 0 radical (unpaired) electrons. The van der Waals surface area contributed by atoms with Crippen LogP contribution in [0.4, 0.5) is 0 Å². The fourth-order valence-corrected chi connectivity index (χ4v) is 2.56. The molecule has 0 saturated carbocycles. The molecular formula is C18H20N4O5. The van der Waals surface area contributed by atoms with Crippen molar-refractivity contribution in [3.05, 3.63) is 51.9 Å². The standard InChI is InChI=1S/C18H20N4O5/c1-11-14(15-17(27-11)21-10-22(2)18(15)24)16(23)20-9-12-4-5-13(19-8-12)26-7-6-25-3/h4-5,8,10H,6-7,9H2,1-3H3,(H,20,23). The van der Waals surface area contributed by atoms with Crippen molar-refractivity contribution in [2.75, 3.05) is 20.3 Å². The van der Waals surface area contributed by atoms with Crippen LogP contribution in [-0.4, -0.2) is 40.8 Å². The highest BCUT2D eigenvalue weighted by atomic mass is 16.5. The zero-order chi connectivity index (χ0) is 19.4. The summed E-state index contributed by atoms with van der Waals surface area (Å²) in [6.45, 7) is 2.77. The van der Waals surface area contributed by atoms with Crippen molar-refractivity contribution >= 4 is 17.0 Å². The van der Waals surface area contributed by atoms with Crippen LogP contribution < -0.4 is 15.6 Å². The van der Waals surface area contributed by atoms with Crippen molar-refractivity contribution in [1.82, 2.24) is 19.9 Å². The molecule has 0 bridgehead atoms. The summed E-state index contributed by atoms with van der Waals surface area (Å²) < 4.78 is 17.1. The number of fused-ring (bicyclic) bond motifs is 1. The third-order valence-corrected chi connectivity index (χ3v) is 3.96. The van der Waals surface area contributed by atoms with Gasteiger partial charge in [0, 0.05) is 33.0 Å². The molecule has 142 valence electrons. The lowest BCUT2D eigenvalue weighted by Gasteiger charge is -2.07. The van der Waals surface area contributed by atoms with Gasteiger partial charge in [0.15, 0.2) is 0 Å². The maximum atomic E-state index is 12.6. The van der Waals surface area contributed by atoms with Gasteiger partial charge in [0.1, 0.15) is 24.1 Å². The van der Waals surface area contributed by atoms with E-state index in [0.29, 0.717) is 24.9 Å². The number of hydrogen-bond donors (Lipinski definition) is 1. The third-order valence-electron chi connectivity index (χ3n) is 3.96. The first-order valence-electron chi connectivity index (χ1n) is 8.31. The highest BCUT2D eigenvalue weighted by molar-refractivity contribution is 6.06. The minimum absolute atomic E-state index is 0.153. The zero-order valence-electron chi connectivity index (χ0n) is 15.3. The summed E-state index contributed by atoms with van der Waals surface area (Å²) >= 11 is 0. The number of rotatable bonds is 7. The molecule has 9 heteroatoms. The van der Waals surface area contributed by atoms with E-state index in [1.807, 2.05) is 0 Å². The molecule has 3 rings (SSSR count). The minimum Gasteiger partial charge on any atom is -0.475 e. The number of ether oxygens (including phenoxy) is 2. The van der Waals surface area contributed by atoms with Gasteiger partial charge >= 0.3 is 0 Å². The monoisotopic (exact) mass is 372 g/mol. The first-order valence-corrected chi connectivity index (χ1v) is 8.31. The number of pyridine rings is 1. The second-order valence-corrected chi connectivity index (χ2v) is 5.90. The molecule has 1 amide bonds. The molecule has 3 heterocycles. The molecular weight excluding hydrogens is 352 g/mol. The van der Waals surface area contributed by atoms with Crippen molar-refractivity contribution < 1.29 is 18.7 Å². The van der Waals surface area contributed by atoms with Crippen LogP contribution in [0.15, 0.2) is 33.9 Å². The van der Waals surface area contributed by atoms with Crippen LogP contribution >= 0.6 is 0 Å². The Bertz CT molecular complexity index is 1010. The summed E-state index contributed by atoms with van der Waals surface area (Å²) in [7, 11) is 3.17. The average Bonchev–Trinajstić information content (AvgIpc) is 3.01. The smallest absolute Gasteiger partial charge is 0.265 e. The Morgan fingerprint density at radius 1 is 1.30 bits per heavy atom. The van der Waals surface area contributed by atoms with Gasteiger partial charge in [-0.25, -0.2) is 9.97 Å². The van der Waals surface area contributed by atoms with Crippen molar-refractivity contribution in [2.45, 2.75) is 13.5 Å². The fraction of sp³-hybridized carbons (Fsp3) is 0.333. The second kappa shape index (κ2) is 8.00. The summed E-state index contributed by atoms with van der Waals surface area (Å²) in [6.07, 6.45) is 2.97. The van der Waals surface area contributed by atoms with Crippen LogP contribution in [0.3, 0.4) is 0 Å². The molecule has 0 atom stereocenters. The molecule has 1 N–H and O–H groups in total. The number of nitrogens with zero attached hydrogens (tertiary/aromatic N) is 3. The maximum absolute atomic E-state index is 12.6. The first kappa shape index (κ1) is 18.6. The molecule has 0 unspecified atom stereocenters. The molecule has 0 aromatic carbocycles. The number of aryl methyl sites for hydroxylation is 2. The molecule has 0 saturated heterocycles. The molecule has 9 nitrogen and oxygen atoms in total. The number of carbonyl (C=O) groups is 1. The van der Waals surface area contributed by atoms with Crippen LogP contribution in [0, 0.1) is 6.92 Å². The second-order valence-electron chi connectivity index (χ2n) is 5.90. The summed E-state index contributed by atoms with van der Waals surface area (Å²) in [4.78, 5) is 33.2. The Labute approximate surface area is 154 Å². The van der Waals surface area contributed by atoms with Crippen molar-refractivity contribution in [3.8, 4) is 5.88 Å². The molecule has 0 spiro atoms. The predicted octanol–water partition coefficient (Wildman–Crippen LogP) is 1.19. The predicted molar refractivity (Wildman–Crippen MR) is 96.8 cm³/mol. The van der Waals surface area contributed by atoms with Gasteiger partial charge < -0.3 is 23.8 Å². The van der Waals surface area contributed by atoms with Crippen LogP contribution in [0.25, 0.3) is 11.1 Å². The Morgan fingerprint density at radius 2 is 2.11 bits per heavy atom. The van der Waals surface area contributed by atoms with E-state index >= 15 is 0 Å². The summed E-state index contributed by atoms with van der Waals surface area (Å²) in [5, 5.41) is 2.95. The lowest BCUT2D eigenvalue weighted by molar-refractivity contribution is 0.0950. The van der Waals surface area contributed by atoms with Crippen molar-refractivity contribution in [3.63, 3.8) is 0 Å². The third kappa shape index (κ3) is 3.98. The van der Waals surface area contributed by atoms with Gasteiger partial charge in [-0.05, 0) is 12.5 Å². The first-order chi connectivity index (χ1) is 13.0. The highest BCUT2D eigenvalue weighted by Crippen LogP contribution is 2.20. The van der Waals surface area contributed by atoms with Gasteiger partial charge in [-0.2, -0.15) is 0 Å². The minimum atomic E-state index is -0.406. The Balaban J connectivity index is 1.71. The van der Waals surface area contributed by atoms with E-state index in [-0.39, 0.29) is 28.8 Å². The zero-order valence-corrected chi connectivity index (χ0v) is 15.3. The van der Waals surface area contributed by atoms with Gasteiger partial charge in [0.25, 0.3) is 11.5 Å². The molecule has 0 fully saturated rings. The molecule has 0 aliphatic heterocycles. The Hall–Kier alpha value is -3.20. The number of methoxy groups -OCH3 is 1. The topological polar surface area (TPSA) is 108 Å². The summed E-state index contributed by atoms with van der Waals surface area (Å²) in [6, 6.07) is 3.52. The van der Waals surface area contributed by atoms with Crippen LogP contribution in [0.1, 0.15) is 21.7 Å². The van der Waals surface area contributed by atoms with Gasteiger partial charge in [-0.15, -0.1) is 0 Å². The van der Waals surface area contributed by atoms with E-state index in [4.69, 9.17) is 13.9 Å². The van der Waals surface area contributed by atoms with E-state index in [0.717, 1.165) is 5.56 Å². The number of carbonyl (C=O) groups excluding carboxylic acids is 1. The normalized spacial score (nSPS) is 10.9. The number of amides is 1. The lowest BCUT2D eigenvalue weighted by atomic mass is 10.1.